The van der Waals surface area contributed by atoms with Gasteiger partial charge < -0.3 is 4.74 Å². The van der Waals surface area contributed by atoms with Crippen molar-refractivity contribution in [2.24, 2.45) is 5.92 Å². The zero-order valence-electron chi connectivity index (χ0n) is 15.4. The highest BCUT2D eigenvalue weighted by Crippen LogP contribution is 2.36. The Balaban J connectivity index is 1.71. The topological polar surface area (TPSA) is 26.3 Å². The number of ether oxygens (including phenoxy) is 1. The van der Waals surface area contributed by atoms with Crippen LogP contribution in [0.3, 0.4) is 0 Å². The number of hydrogen-bond acceptors (Lipinski definition) is 2. The van der Waals surface area contributed by atoms with Crippen LogP contribution >= 0.6 is 0 Å². The Bertz CT molecular complexity index is 876. The number of allylic oxidation sites excluding steroid dienone is 2. The first-order chi connectivity index (χ1) is 13.4. The molecule has 0 aliphatic heterocycles. The average Bonchev–Trinajstić information content (AvgIpc) is 2.66. The Morgan fingerprint density at radius 3 is 2.18 bits per heavy atom. The van der Waals surface area contributed by atoms with E-state index in [1.165, 1.54) is 12.1 Å². The third-order valence-corrected chi connectivity index (χ3v) is 5.09. The maximum Gasteiger partial charge on any atom is 0.346 e. The first-order valence-corrected chi connectivity index (χ1v) is 9.18. The summed E-state index contributed by atoms with van der Waals surface area (Å²) in [6.45, 7) is 1.99. The predicted molar refractivity (Wildman–Crippen MR) is 97.2 cm³/mol. The summed E-state index contributed by atoms with van der Waals surface area (Å²) in [5, 5.41) is 0. The third-order valence-electron chi connectivity index (χ3n) is 5.09. The Hall–Kier alpha value is -2.63. The van der Waals surface area contributed by atoms with Gasteiger partial charge in [0.2, 0.25) is 0 Å². The molecule has 0 heterocycles. The summed E-state index contributed by atoms with van der Waals surface area (Å²) in [5.74, 6) is -6.28. The molecule has 1 fully saturated rings. The number of carbonyl (C=O) groups is 1. The monoisotopic (exact) mass is 392 g/mol. The van der Waals surface area contributed by atoms with Crippen LogP contribution in [-0.4, -0.2) is 5.97 Å². The maximum absolute atomic E-state index is 14.5. The van der Waals surface area contributed by atoms with Crippen LogP contribution in [0.1, 0.15) is 54.4 Å². The van der Waals surface area contributed by atoms with Gasteiger partial charge in [0.25, 0.3) is 0 Å². The zero-order chi connectivity index (χ0) is 20.3. The molecule has 0 unspecified atom stereocenters. The molecule has 0 saturated heterocycles. The highest BCUT2D eigenvalue weighted by molar-refractivity contribution is 5.91. The van der Waals surface area contributed by atoms with Crippen LogP contribution in [0, 0.1) is 29.2 Å². The van der Waals surface area contributed by atoms with E-state index in [9.17, 15) is 22.4 Å². The summed E-state index contributed by atoms with van der Waals surface area (Å²) >= 11 is 0. The van der Waals surface area contributed by atoms with E-state index in [0.29, 0.717) is 18.1 Å². The second-order valence-corrected chi connectivity index (χ2v) is 6.97. The lowest BCUT2D eigenvalue weighted by atomic mass is 9.78. The highest BCUT2D eigenvalue weighted by atomic mass is 19.2. The van der Waals surface area contributed by atoms with Crippen molar-refractivity contribution < 1.29 is 27.1 Å². The highest BCUT2D eigenvalue weighted by Gasteiger charge is 2.23. The summed E-state index contributed by atoms with van der Waals surface area (Å²) in [5.41, 5.74) is 0.461. The lowest BCUT2D eigenvalue weighted by molar-refractivity contribution is 0.0728. The Morgan fingerprint density at radius 1 is 0.964 bits per heavy atom. The van der Waals surface area contributed by atoms with E-state index >= 15 is 0 Å². The number of benzene rings is 2. The molecule has 148 valence electrons. The van der Waals surface area contributed by atoms with Crippen LogP contribution in [0.5, 0.6) is 5.75 Å². The van der Waals surface area contributed by atoms with E-state index < -0.39 is 35.0 Å². The van der Waals surface area contributed by atoms with E-state index in [1.54, 1.807) is 6.07 Å². The molecule has 28 heavy (non-hydrogen) atoms. The summed E-state index contributed by atoms with van der Waals surface area (Å²) in [4.78, 5) is 12.1. The molecule has 0 atom stereocenters. The number of carbonyl (C=O) groups excluding carboxylic acids is 1. The summed E-state index contributed by atoms with van der Waals surface area (Å²) in [7, 11) is 0. The van der Waals surface area contributed by atoms with Crippen LogP contribution in [0.25, 0.3) is 0 Å². The number of rotatable bonds is 4. The summed E-state index contributed by atoms with van der Waals surface area (Å²) in [6.07, 6.45) is 8.17. The van der Waals surface area contributed by atoms with Crippen molar-refractivity contribution in [3.63, 3.8) is 0 Å². The van der Waals surface area contributed by atoms with E-state index in [4.69, 9.17) is 4.74 Å². The van der Waals surface area contributed by atoms with Crippen LogP contribution in [-0.2, 0) is 0 Å². The van der Waals surface area contributed by atoms with Crippen molar-refractivity contribution in [3.05, 3.63) is 76.9 Å². The molecule has 0 radical (unpaired) electrons. The SMILES string of the molecule is C/C=C/C1CCC(c2ccc(C(=O)Oc3cc(F)c(F)c(F)c3)c(F)c2)CC1. The number of halogens is 4. The standard InChI is InChI=1S/C22H20F4O2/c1-2-3-13-4-6-14(7-5-13)15-8-9-17(18(23)10-15)22(27)28-16-11-19(24)21(26)20(25)12-16/h2-3,8-14H,4-7H2,1H3/b3-2+. The lowest BCUT2D eigenvalue weighted by Gasteiger charge is -2.27. The van der Waals surface area contributed by atoms with Gasteiger partial charge in [0, 0.05) is 12.1 Å². The van der Waals surface area contributed by atoms with Gasteiger partial charge in [0.05, 0.1) is 5.56 Å². The molecule has 1 saturated carbocycles. The molecule has 0 aromatic heterocycles. The maximum atomic E-state index is 14.5. The third kappa shape index (κ3) is 4.43. The second-order valence-electron chi connectivity index (χ2n) is 6.97. The van der Waals surface area contributed by atoms with Crippen molar-refractivity contribution >= 4 is 5.97 Å². The minimum absolute atomic E-state index is 0.223. The van der Waals surface area contributed by atoms with Crippen LogP contribution in [0.15, 0.2) is 42.5 Å². The fourth-order valence-corrected chi connectivity index (χ4v) is 3.62. The average molecular weight is 392 g/mol. The molecule has 0 N–H and O–H groups in total. The molecule has 2 aromatic carbocycles. The van der Waals surface area contributed by atoms with Gasteiger partial charge in [-0.1, -0.05) is 18.2 Å². The lowest BCUT2D eigenvalue weighted by Crippen LogP contribution is -2.14. The Morgan fingerprint density at radius 2 is 1.61 bits per heavy atom. The normalized spacial score (nSPS) is 19.8. The fraction of sp³-hybridized carbons (Fsp3) is 0.318. The molecule has 0 bridgehead atoms. The molecular weight excluding hydrogens is 372 g/mol. The van der Waals surface area contributed by atoms with Gasteiger partial charge >= 0.3 is 5.97 Å². The Labute approximate surface area is 160 Å². The number of hydrogen-bond donors (Lipinski definition) is 0. The zero-order valence-corrected chi connectivity index (χ0v) is 15.4. The molecule has 2 aromatic rings. The van der Waals surface area contributed by atoms with E-state index in [0.717, 1.165) is 31.2 Å². The quantitative estimate of drug-likeness (QED) is 0.200. The summed E-state index contributed by atoms with van der Waals surface area (Å²) < 4.78 is 58.7. The molecule has 1 aliphatic carbocycles. The first-order valence-electron chi connectivity index (χ1n) is 9.18. The molecule has 2 nitrogen and oxygen atoms in total. The van der Waals surface area contributed by atoms with E-state index in [2.05, 4.69) is 6.08 Å². The second kappa shape index (κ2) is 8.59. The minimum Gasteiger partial charge on any atom is -0.423 e. The molecule has 0 spiro atoms. The molecule has 3 rings (SSSR count). The van der Waals surface area contributed by atoms with Crippen molar-refractivity contribution in [1.29, 1.82) is 0 Å². The molecule has 1 aliphatic rings. The van der Waals surface area contributed by atoms with Gasteiger partial charge in [-0.25, -0.2) is 22.4 Å². The first kappa shape index (κ1) is 20.1. The smallest absolute Gasteiger partial charge is 0.346 e. The fourth-order valence-electron chi connectivity index (χ4n) is 3.62. The predicted octanol–water partition coefficient (Wildman–Crippen LogP) is 6.31. The van der Waals surface area contributed by atoms with Gasteiger partial charge in [-0.15, -0.1) is 0 Å². The summed E-state index contributed by atoms with van der Waals surface area (Å²) in [6, 6.07) is 5.36. The Kier molecular flexibility index (Phi) is 6.17. The van der Waals surface area contributed by atoms with Gasteiger partial charge in [0.1, 0.15) is 11.6 Å². The minimum atomic E-state index is -1.67. The van der Waals surface area contributed by atoms with Gasteiger partial charge in [-0.05, 0) is 62.1 Å². The van der Waals surface area contributed by atoms with E-state index in [1.807, 2.05) is 13.0 Å². The van der Waals surface area contributed by atoms with E-state index in [-0.39, 0.29) is 11.5 Å². The van der Waals surface area contributed by atoms with Crippen molar-refractivity contribution in [3.8, 4) is 5.75 Å². The van der Waals surface area contributed by atoms with Gasteiger partial charge in [-0.2, -0.15) is 0 Å². The van der Waals surface area contributed by atoms with Crippen molar-refractivity contribution in [2.45, 2.75) is 38.5 Å². The van der Waals surface area contributed by atoms with Gasteiger partial charge in [-0.3, -0.25) is 0 Å². The van der Waals surface area contributed by atoms with Crippen LogP contribution < -0.4 is 4.74 Å². The molecule has 6 heteroatoms. The molecule has 0 amide bonds. The largest absolute Gasteiger partial charge is 0.423 e. The molecular formula is C22H20F4O2. The van der Waals surface area contributed by atoms with Crippen molar-refractivity contribution in [1.82, 2.24) is 0 Å². The van der Waals surface area contributed by atoms with Crippen LogP contribution in [0.2, 0.25) is 0 Å². The van der Waals surface area contributed by atoms with Crippen LogP contribution in [0.4, 0.5) is 17.6 Å². The van der Waals surface area contributed by atoms with Gasteiger partial charge in [0.15, 0.2) is 17.5 Å². The number of esters is 1. The van der Waals surface area contributed by atoms with Crippen molar-refractivity contribution in [2.75, 3.05) is 0 Å².